The highest BCUT2D eigenvalue weighted by Gasteiger charge is 2.26. The molecule has 1 heterocycles. The molecule has 1 aromatic heterocycles. The molecular weight excluding hydrogens is 472 g/mol. The Bertz CT molecular complexity index is 1440. The van der Waals surface area contributed by atoms with Crippen molar-refractivity contribution < 1.29 is 13.2 Å². The standard InChI is InChI=1S/C25H21ClN4O3S/c1-2-16-30(23-14-7-6-13-22(23)26)34(32,33)21-12-8-9-19(18-21)25(31)27-24-15-17-29(28-24)20-10-4-3-5-11-20/h2-15,17-18H,1,16H2,(H,27,28,31). The van der Waals surface area contributed by atoms with E-state index >= 15 is 0 Å². The number of anilines is 2. The monoisotopic (exact) mass is 492 g/mol. The highest BCUT2D eigenvalue weighted by Crippen LogP contribution is 2.30. The van der Waals surface area contributed by atoms with Crippen molar-refractivity contribution in [2.45, 2.75) is 4.90 Å². The quantitative estimate of drug-likeness (QED) is 0.344. The second-order valence-electron chi connectivity index (χ2n) is 7.24. The van der Waals surface area contributed by atoms with E-state index in [-0.39, 0.29) is 22.0 Å². The number of sulfonamides is 1. The Balaban J connectivity index is 1.59. The molecule has 4 rings (SSSR count). The molecule has 4 aromatic rings. The van der Waals surface area contributed by atoms with Gasteiger partial charge in [-0.15, -0.1) is 6.58 Å². The highest BCUT2D eigenvalue weighted by atomic mass is 35.5. The molecule has 0 saturated heterocycles. The molecule has 3 aromatic carbocycles. The summed E-state index contributed by atoms with van der Waals surface area (Å²) in [6, 6.07) is 23.6. The number of hydrogen-bond donors (Lipinski definition) is 1. The van der Waals surface area contributed by atoms with Gasteiger partial charge in [0.15, 0.2) is 5.82 Å². The Morgan fingerprint density at radius 3 is 2.50 bits per heavy atom. The van der Waals surface area contributed by atoms with Crippen LogP contribution in [-0.4, -0.2) is 30.7 Å². The van der Waals surface area contributed by atoms with Gasteiger partial charge in [0.2, 0.25) is 0 Å². The van der Waals surface area contributed by atoms with Crippen molar-refractivity contribution >= 4 is 39.0 Å². The Morgan fingerprint density at radius 2 is 1.76 bits per heavy atom. The number of para-hydroxylation sites is 2. The third-order valence-corrected chi connectivity index (χ3v) is 7.05. The molecule has 0 aliphatic heterocycles. The second-order valence-corrected chi connectivity index (χ2v) is 9.51. The number of halogens is 1. The van der Waals surface area contributed by atoms with Gasteiger partial charge in [-0.2, -0.15) is 5.10 Å². The summed E-state index contributed by atoms with van der Waals surface area (Å²) in [6.45, 7) is 3.67. The van der Waals surface area contributed by atoms with Crippen molar-refractivity contribution in [3.8, 4) is 5.69 Å². The lowest BCUT2D eigenvalue weighted by atomic mass is 10.2. The van der Waals surface area contributed by atoms with Gasteiger partial charge in [0.1, 0.15) is 0 Å². The van der Waals surface area contributed by atoms with Crippen molar-refractivity contribution in [2.75, 3.05) is 16.2 Å². The van der Waals surface area contributed by atoms with Crippen molar-refractivity contribution in [1.82, 2.24) is 9.78 Å². The van der Waals surface area contributed by atoms with Gasteiger partial charge < -0.3 is 5.32 Å². The van der Waals surface area contributed by atoms with Crippen molar-refractivity contribution in [1.29, 1.82) is 0 Å². The van der Waals surface area contributed by atoms with E-state index in [1.54, 1.807) is 41.2 Å². The molecule has 1 N–H and O–H groups in total. The van der Waals surface area contributed by atoms with Gasteiger partial charge in [-0.05, 0) is 42.5 Å². The van der Waals surface area contributed by atoms with Gasteiger partial charge in [-0.25, -0.2) is 13.1 Å². The van der Waals surface area contributed by atoms with E-state index in [4.69, 9.17) is 11.6 Å². The van der Waals surface area contributed by atoms with Crippen molar-refractivity contribution in [3.63, 3.8) is 0 Å². The first-order valence-electron chi connectivity index (χ1n) is 10.3. The van der Waals surface area contributed by atoms with Crippen LogP contribution in [0.1, 0.15) is 10.4 Å². The van der Waals surface area contributed by atoms with Gasteiger partial charge in [-0.1, -0.05) is 54.1 Å². The summed E-state index contributed by atoms with van der Waals surface area (Å²) in [5.41, 5.74) is 1.34. The summed E-state index contributed by atoms with van der Waals surface area (Å²) in [6.07, 6.45) is 3.20. The van der Waals surface area contributed by atoms with E-state index < -0.39 is 15.9 Å². The molecule has 0 saturated carbocycles. The van der Waals surface area contributed by atoms with Gasteiger partial charge in [0.05, 0.1) is 27.8 Å². The van der Waals surface area contributed by atoms with E-state index in [9.17, 15) is 13.2 Å². The molecule has 0 aliphatic rings. The van der Waals surface area contributed by atoms with E-state index in [2.05, 4.69) is 17.0 Å². The first kappa shape index (κ1) is 23.3. The van der Waals surface area contributed by atoms with Crippen LogP contribution in [0.25, 0.3) is 5.69 Å². The first-order valence-corrected chi connectivity index (χ1v) is 12.1. The predicted octanol–water partition coefficient (Wildman–Crippen LogP) is 5.16. The van der Waals surface area contributed by atoms with Crippen molar-refractivity contribution in [2.24, 2.45) is 0 Å². The summed E-state index contributed by atoms with van der Waals surface area (Å²) in [4.78, 5) is 12.8. The van der Waals surface area contributed by atoms with Crippen molar-refractivity contribution in [3.05, 3.63) is 114 Å². The summed E-state index contributed by atoms with van der Waals surface area (Å²) in [5.74, 6) is -0.144. The SMILES string of the molecule is C=CCN(c1ccccc1Cl)S(=O)(=O)c1cccc(C(=O)Nc2ccn(-c3ccccc3)n2)c1. The van der Waals surface area contributed by atoms with Crippen LogP contribution in [0, 0.1) is 0 Å². The molecule has 0 unspecified atom stereocenters. The normalized spacial score (nSPS) is 11.1. The number of carbonyl (C=O) groups excluding carboxylic acids is 1. The summed E-state index contributed by atoms with van der Waals surface area (Å²) < 4.78 is 29.7. The van der Waals surface area contributed by atoms with Crippen LogP contribution in [0.5, 0.6) is 0 Å². The average molecular weight is 493 g/mol. The van der Waals surface area contributed by atoms with Crippen LogP contribution in [0.2, 0.25) is 5.02 Å². The lowest BCUT2D eigenvalue weighted by Crippen LogP contribution is -2.31. The number of nitrogens with zero attached hydrogens (tertiary/aromatic N) is 3. The fourth-order valence-electron chi connectivity index (χ4n) is 3.33. The van der Waals surface area contributed by atoms with E-state index in [0.717, 1.165) is 9.99 Å². The van der Waals surface area contributed by atoms with Crippen LogP contribution in [-0.2, 0) is 10.0 Å². The van der Waals surface area contributed by atoms with Crippen LogP contribution >= 0.6 is 11.6 Å². The lowest BCUT2D eigenvalue weighted by Gasteiger charge is -2.24. The fraction of sp³-hybridized carbons (Fsp3) is 0.0400. The van der Waals surface area contributed by atoms with Crippen LogP contribution < -0.4 is 9.62 Å². The molecular formula is C25H21ClN4O3S. The number of aromatic nitrogens is 2. The summed E-state index contributed by atoms with van der Waals surface area (Å²) in [7, 11) is -4.02. The van der Waals surface area contributed by atoms with E-state index in [1.807, 2.05) is 30.3 Å². The zero-order chi connectivity index (χ0) is 24.1. The summed E-state index contributed by atoms with van der Waals surface area (Å²) >= 11 is 6.25. The molecule has 0 atom stereocenters. The van der Waals surface area contributed by atoms with E-state index in [0.29, 0.717) is 11.5 Å². The zero-order valence-electron chi connectivity index (χ0n) is 18.0. The Labute approximate surface area is 203 Å². The largest absolute Gasteiger partial charge is 0.305 e. The molecule has 1 amide bonds. The third kappa shape index (κ3) is 4.88. The Hall–Kier alpha value is -3.88. The minimum Gasteiger partial charge on any atom is -0.305 e. The van der Waals surface area contributed by atoms with Gasteiger partial charge in [0, 0.05) is 17.8 Å². The molecule has 7 nitrogen and oxygen atoms in total. The molecule has 34 heavy (non-hydrogen) atoms. The molecule has 0 radical (unpaired) electrons. The highest BCUT2D eigenvalue weighted by molar-refractivity contribution is 7.92. The number of amides is 1. The zero-order valence-corrected chi connectivity index (χ0v) is 19.6. The Kier molecular flexibility index (Phi) is 6.81. The van der Waals surface area contributed by atoms with Gasteiger partial charge >= 0.3 is 0 Å². The number of rotatable bonds is 8. The lowest BCUT2D eigenvalue weighted by molar-refractivity contribution is 0.102. The van der Waals surface area contributed by atoms with Crippen LogP contribution in [0.15, 0.2) is 109 Å². The topological polar surface area (TPSA) is 84.3 Å². The summed E-state index contributed by atoms with van der Waals surface area (Å²) in [5, 5.41) is 7.35. The Morgan fingerprint density at radius 1 is 1.03 bits per heavy atom. The minimum atomic E-state index is -4.02. The third-order valence-electron chi connectivity index (χ3n) is 4.95. The first-order chi connectivity index (χ1) is 16.4. The second kappa shape index (κ2) is 9.94. The predicted molar refractivity (Wildman–Crippen MR) is 134 cm³/mol. The maximum absolute atomic E-state index is 13.4. The fourth-order valence-corrected chi connectivity index (χ4v) is 5.11. The molecule has 0 bridgehead atoms. The molecule has 0 aliphatic carbocycles. The average Bonchev–Trinajstić information content (AvgIpc) is 3.32. The maximum atomic E-state index is 13.4. The van der Waals surface area contributed by atoms with Gasteiger partial charge in [-0.3, -0.25) is 9.10 Å². The number of carbonyl (C=O) groups is 1. The number of nitrogens with one attached hydrogen (secondary N) is 1. The minimum absolute atomic E-state index is 0.0133. The smallest absolute Gasteiger partial charge is 0.264 e. The maximum Gasteiger partial charge on any atom is 0.264 e. The molecule has 0 fully saturated rings. The number of benzene rings is 3. The van der Waals surface area contributed by atoms with Gasteiger partial charge in [0.25, 0.3) is 15.9 Å². The van der Waals surface area contributed by atoms with Crippen LogP contribution in [0.3, 0.4) is 0 Å². The number of hydrogen-bond acceptors (Lipinski definition) is 4. The molecule has 172 valence electrons. The van der Waals surface area contributed by atoms with E-state index in [1.165, 1.54) is 30.3 Å². The molecule has 0 spiro atoms. The molecule has 9 heteroatoms. The van der Waals surface area contributed by atoms with Crippen LogP contribution in [0.4, 0.5) is 11.5 Å².